The monoisotopic (exact) mass is 166 g/mol. The summed E-state index contributed by atoms with van der Waals surface area (Å²) in [5.41, 5.74) is 2.39. The molecule has 1 aliphatic carbocycles. The van der Waals surface area contributed by atoms with Gasteiger partial charge < -0.3 is 0 Å². The molecule has 0 saturated heterocycles. The lowest BCUT2D eigenvalue weighted by molar-refractivity contribution is 0.582. The van der Waals surface area contributed by atoms with Gasteiger partial charge in [-0.05, 0) is 24.5 Å². The van der Waals surface area contributed by atoms with Gasteiger partial charge in [0.15, 0.2) is 0 Å². The molecule has 0 fully saturated rings. The number of hydrogen-bond acceptors (Lipinski definition) is 0. The van der Waals surface area contributed by atoms with Crippen molar-refractivity contribution in [3.05, 3.63) is 35.7 Å². The summed E-state index contributed by atoms with van der Waals surface area (Å²) in [5, 5.41) is 0. The highest BCUT2D eigenvalue weighted by Gasteiger charge is 2.07. The van der Waals surface area contributed by atoms with E-state index in [-0.39, 0.29) is 5.83 Å². The number of hydrogen-bond donors (Lipinski definition) is 0. The van der Waals surface area contributed by atoms with Crippen LogP contribution >= 0.6 is 0 Å². The van der Waals surface area contributed by atoms with Gasteiger partial charge in [-0.15, -0.1) is 0 Å². The standard InChI is InChI=1S/C11H15F/c1-3-4-9(2)10-5-7-11(12)8-6-10/h5,7H,2-4,6,8H2,1H3. The Hall–Kier alpha value is -0.850. The maximum Gasteiger partial charge on any atom is 0.100 e. The first-order valence-corrected chi connectivity index (χ1v) is 4.47. The van der Waals surface area contributed by atoms with Crippen LogP contribution in [0.5, 0.6) is 0 Å². The Morgan fingerprint density at radius 2 is 2.25 bits per heavy atom. The van der Waals surface area contributed by atoms with E-state index in [0.717, 1.165) is 19.3 Å². The first-order chi connectivity index (χ1) is 5.74. The summed E-state index contributed by atoms with van der Waals surface area (Å²) in [5.74, 6) is -0.0111. The molecule has 0 unspecified atom stereocenters. The van der Waals surface area contributed by atoms with Crippen molar-refractivity contribution in [3.8, 4) is 0 Å². The molecule has 0 nitrogen and oxygen atoms in total. The molecule has 0 aromatic carbocycles. The minimum Gasteiger partial charge on any atom is -0.212 e. The van der Waals surface area contributed by atoms with E-state index in [0.29, 0.717) is 6.42 Å². The summed E-state index contributed by atoms with van der Waals surface area (Å²) in [6.45, 7) is 6.10. The first kappa shape index (κ1) is 9.24. The molecule has 0 heterocycles. The molecular formula is C11H15F. The van der Waals surface area contributed by atoms with Crippen molar-refractivity contribution >= 4 is 0 Å². The molecule has 0 aromatic rings. The smallest absolute Gasteiger partial charge is 0.100 e. The van der Waals surface area contributed by atoms with Crippen LogP contribution in [0.1, 0.15) is 32.6 Å². The van der Waals surface area contributed by atoms with Gasteiger partial charge in [0.2, 0.25) is 0 Å². The van der Waals surface area contributed by atoms with Crippen LogP contribution in [0.4, 0.5) is 4.39 Å². The molecule has 1 rings (SSSR count). The highest BCUT2D eigenvalue weighted by Crippen LogP contribution is 2.25. The molecule has 0 saturated carbocycles. The fourth-order valence-corrected chi connectivity index (χ4v) is 1.37. The second-order valence-corrected chi connectivity index (χ2v) is 3.16. The number of rotatable bonds is 3. The lowest BCUT2D eigenvalue weighted by Gasteiger charge is -2.12. The molecule has 0 radical (unpaired) electrons. The first-order valence-electron chi connectivity index (χ1n) is 4.47. The van der Waals surface area contributed by atoms with Gasteiger partial charge in [0.05, 0.1) is 0 Å². The average molecular weight is 166 g/mol. The third kappa shape index (κ3) is 2.33. The predicted octanol–water partition coefficient (Wildman–Crippen LogP) is 3.92. The molecule has 0 amide bonds. The third-order valence-electron chi connectivity index (χ3n) is 2.10. The molecular weight excluding hydrogens is 151 g/mol. The van der Waals surface area contributed by atoms with Crippen LogP contribution in [-0.4, -0.2) is 0 Å². The minimum atomic E-state index is -0.0111. The van der Waals surface area contributed by atoms with Crippen molar-refractivity contribution in [2.75, 3.05) is 0 Å². The Bertz CT molecular complexity index is 233. The molecule has 0 N–H and O–H groups in total. The fourth-order valence-electron chi connectivity index (χ4n) is 1.37. The second kappa shape index (κ2) is 4.24. The van der Waals surface area contributed by atoms with Crippen molar-refractivity contribution in [2.24, 2.45) is 0 Å². The van der Waals surface area contributed by atoms with E-state index < -0.39 is 0 Å². The van der Waals surface area contributed by atoms with E-state index in [1.54, 1.807) is 6.08 Å². The van der Waals surface area contributed by atoms with Crippen LogP contribution < -0.4 is 0 Å². The van der Waals surface area contributed by atoms with Gasteiger partial charge in [0.1, 0.15) is 5.83 Å². The Labute approximate surface area is 73.5 Å². The van der Waals surface area contributed by atoms with Gasteiger partial charge in [0.25, 0.3) is 0 Å². The van der Waals surface area contributed by atoms with Crippen molar-refractivity contribution in [2.45, 2.75) is 32.6 Å². The van der Waals surface area contributed by atoms with Crippen LogP contribution in [0.3, 0.4) is 0 Å². The Morgan fingerprint density at radius 1 is 1.50 bits per heavy atom. The minimum absolute atomic E-state index is 0.0111. The number of allylic oxidation sites excluding steroid dienone is 5. The Balaban J connectivity index is 2.59. The summed E-state index contributed by atoms with van der Waals surface area (Å²) in [6.07, 6.45) is 6.93. The zero-order valence-corrected chi connectivity index (χ0v) is 7.57. The highest BCUT2D eigenvalue weighted by molar-refractivity contribution is 5.35. The van der Waals surface area contributed by atoms with Crippen LogP contribution in [0.25, 0.3) is 0 Å². The third-order valence-corrected chi connectivity index (χ3v) is 2.10. The molecule has 0 aliphatic heterocycles. The van der Waals surface area contributed by atoms with Crippen LogP contribution in [-0.2, 0) is 0 Å². The van der Waals surface area contributed by atoms with E-state index in [1.807, 2.05) is 6.08 Å². The summed E-state index contributed by atoms with van der Waals surface area (Å²) in [7, 11) is 0. The predicted molar refractivity (Wildman–Crippen MR) is 50.6 cm³/mol. The van der Waals surface area contributed by atoms with Crippen molar-refractivity contribution in [1.29, 1.82) is 0 Å². The molecule has 0 spiro atoms. The molecule has 1 heteroatoms. The van der Waals surface area contributed by atoms with E-state index in [4.69, 9.17) is 0 Å². The average Bonchev–Trinajstić information content (AvgIpc) is 2.06. The van der Waals surface area contributed by atoms with Crippen molar-refractivity contribution in [3.63, 3.8) is 0 Å². The number of halogens is 1. The van der Waals surface area contributed by atoms with Gasteiger partial charge in [-0.2, -0.15) is 0 Å². The van der Waals surface area contributed by atoms with Crippen LogP contribution in [0.15, 0.2) is 35.7 Å². The zero-order chi connectivity index (χ0) is 8.97. The lowest BCUT2D eigenvalue weighted by Crippen LogP contribution is -1.93. The summed E-state index contributed by atoms with van der Waals surface area (Å²) >= 11 is 0. The Kier molecular flexibility index (Phi) is 3.27. The molecule has 66 valence electrons. The molecule has 0 atom stereocenters. The van der Waals surface area contributed by atoms with Crippen LogP contribution in [0, 0.1) is 0 Å². The fraction of sp³-hybridized carbons (Fsp3) is 0.455. The summed E-state index contributed by atoms with van der Waals surface area (Å²) < 4.78 is 12.6. The zero-order valence-electron chi connectivity index (χ0n) is 7.57. The van der Waals surface area contributed by atoms with E-state index in [2.05, 4.69) is 13.5 Å². The molecule has 12 heavy (non-hydrogen) atoms. The van der Waals surface area contributed by atoms with Crippen molar-refractivity contribution in [1.82, 2.24) is 0 Å². The SMILES string of the molecule is C=C(CCC)C1=CC=C(F)CC1. The molecule has 0 aromatic heterocycles. The second-order valence-electron chi connectivity index (χ2n) is 3.16. The van der Waals surface area contributed by atoms with Gasteiger partial charge in [-0.25, -0.2) is 4.39 Å². The maximum atomic E-state index is 12.6. The lowest BCUT2D eigenvalue weighted by atomic mass is 9.95. The largest absolute Gasteiger partial charge is 0.212 e. The summed E-state index contributed by atoms with van der Waals surface area (Å²) in [4.78, 5) is 0. The topological polar surface area (TPSA) is 0 Å². The highest BCUT2D eigenvalue weighted by atomic mass is 19.1. The molecule has 0 bridgehead atoms. The van der Waals surface area contributed by atoms with E-state index in [1.165, 1.54) is 11.1 Å². The van der Waals surface area contributed by atoms with Gasteiger partial charge in [-0.3, -0.25) is 0 Å². The maximum absolute atomic E-state index is 12.6. The van der Waals surface area contributed by atoms with E-state index in [9.17, 15) is 4.39 Å². The van der Waals surface area contributed by atoms with Gasteiger partial charge >= 0.3 is 0 Å². The molecule has 1 aliphatic rings. The van der Waals surface area contributed by atoms with Crippen LogP contribution in [0.2, 0.25) is 0 Å². The van der Waals surface area contributed by atoms with Gasteiger partial charge in [-0.1, -0.05) is 31.6 Å². The van der Waals surface area contributed by atoms with Gasteiger partial charge in [0, 0.05) is 6.42 Å². The van der Waals surface area contributed by atoms with E-state index >= 15 is 0 Å². The summed E-state index contributed by atoms with van der Waals surface area (Å²) in [6, 6.07) is 0. The normalized spacial score (nSPS) is 16.8. The Morgan fingerprint density at radius 3 is 2.75 bits per heavy atom. The van der Waals surface area contributed by atoms with Crippen molar-refractivity contribution < 1.29 is 4.39 Å². The quantitative estimate of drug-likeness (QED) is 0.596.